The minimum atomic E-state index is -0.337. The maximum atomic E-state index is 11.9. The normalized spacial score (nSPS) is 22.3. The number of hydrogen-bond donors (Lipinski definition) is 2. The van der Waals surface area contributed by atoms with E-state index in [9.17, 15) is 9.59 Å². The number of carbonyl (C=O) groups is 2. The molecule has 0 unspecified atom stereocenters. The van der Waals surface area contributed by atoms with Crippen molar-refractivity contribution in [1.29, 1.82) is 0 Å². The molecular formula is C19H23N7O2. The largest absolute Gasteiger partial charge is 0.367 e. The summed E-state index contributed by atoms with van der Waals surface area (Å²) in [4.78, 5) is 32.9. The van der Waals surface area contributed by atoms with Crippen molar-refractivity contribution in [3.8, 4) is 0 Å². The number of fused-ring (bicyclic) bond motifs is 1. The number of likely N-dealkylation sites (N-methyl/N-ethyl adjacent to an activating group) is 1. The first-order chi connectivity index (χ1) is 13.6. The SMILES string of the molecule is CN1CCN(c2cc(NC3CC3)n3ncc(/C=C4\CC(=O)NC4=O)c3n2)CC1. The predicted molar refractivity (Wildman–Crippen MR) is 105 cm³/mol. The first kappa shape index (κ1) is 17.2. The Balaban J connectivity index is 1.56. The summed E-state index contributed by atoms with van der Waals surface area (Å²) in [7, 11) is 2.13. The average molecular weight is 381 g/mol. The van der Waals surface area contributed by atoms with Crippen LogP contribution in [0, 0.1) is 0 Å². The third kappa shape index (κ3) is 3.22. The minimum Gasteiger partial charge on any atom is -0.367 e. The summed E-state index contributed by atoms with van der Waals surface area (Å²) in [5.41, 5.74) is 1.89. The topological polar surface area (TPSA) is 94.9 Å². The van der Waals surface area contributed by atoms with Gasteiger partial charge in [0.1, 0.15) is 11.6 Å². The number of hydrogen-bond acceptors (Lipinski definition) is 7. The molecule has 2 aromatic heterocycles. The quantitative estimate of drug-likeness (QED) is 0.588. The van der Waals surface area contributed by atoms with Crippen LogP contribution < -0.4 is 15.5 Å². The highest BCUT2D eigenvalue weighted by Crippen LogP contribution is 2.29. The Morgan fingerprint density at radius 3 is 2.68 bits per heavy atom. The summed E-state index contributed by atoms with van der Waals surface area (Å²) in [6.45, 7) is 3.83. The highest BCUT2D eigenvalue weighted by atomic mass is 16.2. The lowest BCUT2D eigenvalue weighted by atomic mass is 10.1. The van der Waals surface area contributed by atoms with Gasteiger partial charge in [-0.25, -0.2) is 4.98 Å². The van der Waals surface area contributed by atoms with Gasteiger partial charge in [0.05, 0.1) is 12.6 Å². The molecule has 0 spiro atoms. The van der Waals surface area contributed by atoms with Crippen LogP contribution in [0.4, 0.5) is 11.6 Å². The molecule has 1 aliphatic carbocycles. The van der Waals surface area contributed by atoms with Crippen LogP contribution in [0.15, 0.2) is 17.8 Å². The third-order valence-corrected chi connectivity index (χ3v) is 5.47. The summed E-state index contributed by atoms with van der Waals surface area (Å²) in [5, 5.41) is 10.3. The molecule has 0 bridgehead atoms. The van der Waals surface area contributed by atoms with Gasteiger partial charge in [0.25, 0.3) is 5.91 Å². The van der Waals surface area contributed by atoms with Gasteiger partial charge in [0.2, 0.25) is 5.91 Å². The molecule has 28 heavy (non-hydrogen) atoms. The highest BCUT2D eigenvalue weighted by molar-refractivity contribution is 6.15. The molecule has 2 aromatic rings. The van der Waals surface area contributed by atoms with Crippen molar-refractivity contribution in [3.05, 3.63) is 23.4 Å². The third-order valence-electron chi connectivity index (χ3n) is 5.47. The fourth-order valence-corrected chi connectivity index (χ4v) is 3.61. The molecule has 2 N–H and O–H groups in total. The zero-order chi connectivity index (χ0) is 19.3. The number of piperazine rings is 1. The molecule has 1 saturated carbocycles. The molecule has 0 radical (unpaired) electrons. The lowest BCUT2D eigenvalue weighted by Crippen LogP contribution is -2.44. The van der Waals surface area contributed by atoms with Crippen molar-refractivity contribution >= 4 is 35.2 Å². The number of nitrogens with one attached hydrogen (secondary N) is 2. The van der Waals surface area contributed by atoms with Gasteiger partial charge in [0.15, 0.2) is 5.65 Å². The van der Waals surface area contributed by atoms with Gasteiger partial charge in [-0.1, -0.05) is 0 Å². The van der Waals surface area contributed by atoms with Crippen molar-refractivity contribution in [2.45, 2.75) is 25.3 Å². The predicted octanol–water partition coefficient (Wildman–Crippen LogP) is 0.485. The first-order valence-corrected chi connectivity index (χ1v) is 9.70. The number of nitrogens with zero attached hydrogens (tertiary/aromatic N) is 5. The second kappa shape index (κ2) is 6.59. The average Bonchev–Trinajstić information content (AvgIpc) is 3.31. The van der Waals surface area contributed by atoms with Crippen LogP contribution in [0.2, 0.25) is 0 Å². The summed E-state index contributed by atoms with van der Waals surface area (Å²) < 4.78 is 1.79. The van der Waals surface area contributed by atoms with E-state index in [1.165, 1.54) is 0 Å². The molecule has 2 aliphatic heterocycles. The molecule has 3 aliphatic rings. The maximum Gasteiger partial charge on any atom is 0.254 e. The second-order valence-corrected chi connectivity index (χ2v) is 7.77. The molecule has 2 amide bonds. The first-order valence-electron chi connectivity index (χ1n) is 9.70. The lowest BCUT2D eigenvalue weighted by Gasteiger charge is -2.33. The van der Waals surface area contributed by atoms with Gasteiger partial charge in [-0.15, -0.1) is 0 Å². The highest BCUT2D eigenvalue weighted by Gasteiger charge is 2.26. The molecular weight excluding hydrogens is 358 g/mol. The fraction of sp³-hybridized carbons (Fsp3) is 0.474. The van der Waals surface area contributed by atoms with Gasteiger partial charge in [-0.05, 0) is 26.0 Å². The van der Waals surface area contributed by atoms with Crippen LogP contribution in [-0.4, -0.2) is 70.6 Å². The van der Waals surface area contributed by atoms with Crippen LogP contribution in [0.25, 0.3) is 11.7 Å². The summed E-state index contributed by atoms with van der Waals surface area (Å²) in [6, 6.07) is 2.54. The van der Waals surface area contributed by atoms with Gasteiger partial charge in [-0.2, -0.15) is 9.61 Å². The van der Waals surface area contributed by atoms with E-state index >= 15 is 0 Å². The van der Waals surface area contributed by atoms with E-state index in [4.69, 9.17) is 4.98 Å². The molecule has 2 saturated heterocycles. The van der Waals surface area contributed by atoms with E-state index in [1.54, 1.807) is 16.8 Å². The fourth-order valence-electron chi connectivity index (χ4n) is 3.61. The monoisotopic (exact) mass is 381 g/mol. The van der Waals surface area contributed by atoms with Gasteiger partial charge < -0.3 is 15.1 Å². The number of rotatable bonds is 4. The molecule has 3 fully saturated rings. The van der Waals surface area contributed by atoms with E-state index in [2.05, 4.69) is 38.6 Å². The van der Waals surface area contributed by atoms with Crippen LogP contribution >= 0.6 is 0 Å². The number of amides is 2. The van der Waals surface area contributed by atoms with Crippen LogP contribution in [0.3, 0.4) is 0 Å². The molecule has 4 heterocycles. The molecule has 5 rings (SSSR count). The van der Waals surface area contributed by atoms with Crippen molar-refractivity contribution in [2.75, 3.05) is 43.4 Å². The van der Waals surface area contributed by atoms with E-state index in [1.807, 2.05) is 0 Å². The smallest absolute Gasteiger partial charge is 0.254 e. The van der Waals surface area contributed by atoms with Gasteiger partial charge in [-0.3, -0.25) is 14.9 Å². The Bertz CT molecular complexity index is 984. The van der Waals surface area contributed by atoms with Gasteiger partial charge >= 0.3 is 0 Å². The summed E-state index contributed by atoms with van der Waals surface area (Å²) in [5.74, 6) is 1.22. The lowest BCUT2D eigenvalue weighted by molar-refractivity contribution is -0.124. The molecule has 146 valence electrons. The van der Waals surface area contributed by atoms with Crippen LogP contribution in [0.5, 0.6) is 0 Å². The standard InChI is InChI=1S/C19H23N7O2/c1-24-4-6-25(7-5-24)15-10-16(21-14-2-3-14)26-18(22-15)13(11-20-26)8-12-9-17(27)23-19(12)28/h8,10-11,14,21H,2-7,9H2,1H3,(H,23,27,28)/b12-8+. The van der Waals surface area contributed by atoms with Crippen molar-refractivity contribution in [1.82, 2.24) is 24.8 Å². The Morgan fingerprint density at radius 2 is 2.00 bits per heavy atom. The molecule has 9 nitrogen and oxygen atoms in total. The molecule has 0 atom stereocenters. The Labute approximate surface area is 162 Å². The van der Waals surface area contributed by atoms with Crippen molar-refractivity contribution in [2.24, 2.45) is 0 Å². The zero-order valence-corrected chi connectivity index (χ0v) is 15.8. The minimum absolute atomic E-state index is 0.0987. The van der Waals surface area contributed by atoms with Crippen LogP contribution in [-0.2, 0) is 9.59 Å². The Kier molecular flexibility index (Phi) is 4.04. The van der Waals surface area contributed by atoms with E-state index in [0.717, 1.165) is 56.2 Å². The number of imide groups is 1. The number of anilines is 2. The summed E-state index contributed by atoms with van der Waals surface area (Å²) >= 11 is 0. The number of aromatic nitrogens is 3. The van der Waals surface area contributed by atoms with E-state index < -0.39 is 0 Å². The zero-order valence-electron chi connectivity index (χ0n) is 15.8. The molecule has 9 heteroatoms. The second-order valence-electron chi connectivity index (χ2n) is 7.77. The maximum absolute atomic E-state index is 11.9. The van der Waals surface area contributed by atoms with Gasteiger partial charge in [0, 0.05) is 49.4 Å². The number of carbonyl (C=O) groups excluding carboxylic acids is 2. The molecule has 0 aromatic carbocycles. The van der Waals surface area contributed by atoms with E-state index in [0.29, 0.717) is 17.3 Å². The Hall–Kier alpha value is -2.94. The Morgan fingerprint density at radius 1 is 1.21 bits per heavy atom. The van der Waals surface area contributed by atoms with E-state index in [-0.39, 0.29) is 18.2 Å². The van der Waals surface area contributed by atoms with Crippen molar-refractivity contribution < 1.29 is 9.59 Å². The van der Waals surface area contributed by atoms with Crippen molar-refractivity contribution in [3.63, 3.8) is 0 Å². The summed E-state index contributed by atoms with van der Waals surface area (Å²) in [6.07, 6.45) is 5.85. The van der Waals surface area contributed by atoms with Crippen LogP contribution in [0.1, 0.15) is 24.8 Å².